The third kappa shape index (κ3) is 21.6. The number of ether oxygens (including phenoxy) is 4. The molecule has 4 aliphatic rings. The molecule has 12 aromatic rings. The second-order valence-corrected chi connectivity index (χ2v) is 54.5. The van der Waals surface area contributed by atoms with Crippen molar-refractivity contribution < 1.29 is 52.3 Å². The first-order valence-corrected chi connectivity index (χ1v) is 54.1. The van der Waals surface area contributed by atoms with Crippen LogP contribution in [0.2, 0.25) is 85.3 Å². The molecule has 0 amide bonds. The van der Waals surface area contributed by atoms with Crippen LogP contribution in [-0.4, -0.2) is 190 Å². The van der Waals surface area contributed by atoms with Crippen LogP contribution in [0.3, 0.4) is 0 Å². The third-order valence-corrected chi connectivity index (χ3v) is 41.3. The van der Waals surface area contributed by atoms with E-state index >= 15 is 0 Å². The van der Waals surface area contributed by atoms with E-state index in [1.165, 1.54) is 44.9 Å². The van der Waals surface area contributed by atoms with Gasteiger partial charge < -0.3 is 75.8 Å². The highest BCUT2D eigenvalue weighted by atomic mass is 127. The Hall–Kier alpha value is -4.43. The summed E-state index contributed by atoms with van der Waals surface area (Å²) in [7, 11) is -5.68. The smallest absolute Gasteiger partial charge is 0.192 e. The fourth-order valence-electron chi connectivity index (χ4n) is 14.0. The van der Waals surface area contributed by atoms with Crippen molar-refractivity contribution in [1.29, 1.82) is 0 Å². The maximum Gasteiger partial charge on any atom is 0.192 e. The van der Waals surface area contributed by atoms with Crippen LogP contribution in [0.4, 0.5) is 0 Å². The lowest BCUT2D eigenvalue weighted by molar-refractivity contribution is -0.0430. The van der Waals surface area contributed by atoms with Crippen LogP contribution >= 0.6 is 137 Å². The molecule has 12 atom stereocenters. The monoisotopic (exact) mass is 2170 g/mol. The molecule has 0 aliphatic carbocycles. The molecule has 0 aromatic carbocycles. The summed E-state index contributed by atoms with van der Waals surface area (Å²) in [6, 6.07) is 1.84. The fraction of sp³-hybridized carbons (Fsp3) is 0.537. The van der Waals surface area contributed by atoms with Crippen LogP contribution in [0.25, 0.3) is 66.2 Å². The minimum atomic E-state index is -1.92. The van der Waals surface area contributed by atoms with Crippen molar-refractivity contribution in [2.24, 2.45) is 0 Å². The molecule has 29 nitrogen and oxygen atoms in total. The second kappa shape index (κ2) is 40.1. The summed E-state index contributed by atoms with van der Waals surface area (Å²) < 4.78 is 55.6. The summed E-state index contributed by atoms with van der Waals surface area (Å²) in [4.78, 5) is 67.3. The quantitative estimate of drug-likeness (QED) is 0.0260. The summed E-state index contributed by atoms with van der Waals surface area (Å²) in [5, 5.41) is 36.3. The average Bonchev–Trinajstić information content (AvgIpc) is 1.61. The van der Waals surface area contributed by atoms with Gasteiger partial charge in [0.05, 0.1) is 88.3 Å². The van der Waals surface area contributed by atoms with Crippen molar-refractivity contribution >= 4 is 234 Å². The molecule has 0 saturated carbocycles. The molecular formula is C80H105Cl6I3N18O11Si3. The minimum Gasteiger partial charge on any atom is -0.411 e. The summed E-state index contributed by atoms with van der Waals surface area (Å²) in [6.07, 6.45) is 23.4. The number of fused-ring (bicyclic) bond motifs is 6. The lowest BCUT2D eigenvalue weighted by atomic mass is 10.1. The van der Waals surface area contributed by atoms with Crippen molar-refractivity contribution in [2.45, 2.75) is 270 Å². The molecule has 4 fully saturated rings. The molecule has 0 radical (unpaired) electrons. The first kappa shape index (κ1) is 97.2. The number of nitrogens with zero attached hydrogens (tertiary/aromatic N) is 16. The first-order valence-electron chi connectivity index (χ1n) is 39.8. The van der Waals surface area contributed by atoms with Gasteiger partial charge in [0, 0.05) is 84.7 Å². The molecule has 16 rings (SSSR count). The van der Waals surface area contributed by atoms with E-state index in [0.717, 1.165) is 81.3 Å². The van der Waals surface area contributed by atoms with Gasteiger partial charge in [0.15, 0.2) is 30.7 Å². The Morgan fingerprint density at radius 1 is 0.463 bits per heavy atom. The van der Waals surface area contributed by atoms with E-state index < -0.39 is 37.2 Å². The Labute approximate surface area is 777 Å². The van der Waals surface area contributed by atoms with Gasteiger partial charge in [0.25, 0.3) is 0 Å². The molecular weight excluding hydrogens is 2070 g/mol. The van der Waals surface area contributed by atoms with Gasteiger partial charge in [-0.15, -0.1) is 0 Å². The van der Waals surface area contributed by atoms with Crippen molar-refractivity contribution in [3.63, 3.8) is 0 Å². The van der Waals surface area contributed by atoms with Gasteiger partial charge in [-0.05, 0) is 154 Å². The number of aliphatic hydroxyl groups excluding tert-OH is 3. The Morgan fingerprint density at radius 3 is 1.19 bits per heavy atom. The number of aromatic amines is 2. The van der Waals surface area contributed by atoms with Gasteiger partial charge in [-0.2, -0.15) is 0 Å². The lowest BCUT2D eigenvalue weighted by Gasteiger charge is -2.39. The van der Waals surface area contributed by atoms with E-state index in [2.05, 4.69) is 271 Å². The zero-order valence-corrected chi connectivity index (χ0v) is 85.0. The number of Topliss-reactive ketones (excluding diaryl/α,β-unsaturated/α-hetero) is 1. The third-order valence-electron chi connectivity index (χ3n) is 23.6. The average molecular weight is 2170 g/mol. The largest absolute Gasteiger partial charge is 0.411 e. The van der Waals surface area contributed by atoms with Crippen LogP contribution in [0.1, 0.15) is 176 Å². The zero-order chi connectivity index (χ0) is 88.5. The SMILES string of the molecule is CC[C@H]1O[C@@H](n2cc(C(C)=O)c3c(Cl)ncnc32)C[C@H]1O[Si](C)(C)C(C)(C)C.CC[C@H]1O[C@@H](n2cc(CO)c3c(Cl)ncnc32)C[C@H]1O[Si](C)(C)C(C)(C)C.CC[C@H]1O[C@@H](n2cc(I)c3c(Cl)ncnc32)C[C@H]1O[Si](C)(C)C(C)(C)C.Clc1ncnc2[nH]cc(I)c12.Clc1ncnc2[nH]ccc12.OC[C@H]1O[C@@H](n2cc(I)c3c(Cl)ncnc32)C[C@H]1O. The van der Waals surface area contributed by atoms with Gasteiger partial charge in [0.2, 0.25) is 0 Å². The Balaban J connectivity index is 0.000000146. The number of aliphatic hydroxyl groups is 3. The van der Waals surface area contributed by atoms with Gasteiger partial charge in [-0.3, -0.25) is 4.79 Å². The van der Waals surface area contributed by atoms with E-state index in [9.17, 15) is 15.0 Å². The number of halogens is 9. The standard InChI is InChI=1S/C20H30ClN3O3Si.C19H30ClN3O3Si.C18H27ClIN3O2Si.C11H11ClIN3O3.C6H3ClIN3.C6H4ClN3/c1-8-14-15(27-28(6,7)20(3,4)5)9-16(26-14)24-10-13(12(2)25)17-18(21)22-11-23-19(17)24;1-7-13-14(26-27(5,6)19(2,3)4)8-15(25-13)23-9-12(10-24)16-17(20)21-11-22-18(16)23;1-7-12-13(25-26(5,6)18(2,3)4)8-14(24-12)23-9-11(20)15-16(19)21-10-22-17(15)23;12-10-9-5(13)2-16(11(9)15-4-14-10)8-1-6(18)7(3-17)19-8;7-5-4-3(8)1-9-6(4)11-2-10-5;7-5-4-1-2-8-6(4)10-3-9-5/h10-11,14-16H,8-9H2,1-7H3;9,11,13-15,24H,7-8,10H2,1-6H3;9-10,12-14H,7-8H2,1-6H3;2,4,6-8,17-18H,1,3H2;1-2H,(H,9,10,11);1-3H,(H,8,9,10)/t14-,15-,16-;13-,14-,15-;12-,13-,14-;6-,7-,8-;;/m1111../s1. The van der Waals surface area contributed by atoms with Crippen molar-refractivity contribution in [2.75, 3.05) is 6.61 Å². The van der Waals surface area contributed by atoms with Crippen molar-refractivity contribution in [1.82, 2.24) is 88.0 Å². The maximum atomic E-state index is 12.1. The Kier molecular flexibility index (Phi) is 32.2. The molecule has 0 spiro atoms. The van der Waals surface area contributed by atoms with Crippen LogP contribution in [0, 0.1) is 10.7 Å². The van der Waals surface area contributed by atoms with E-state index in [-0.39, 0.29) is 101 Å². The predicted octanol–water partition coefficient (Wildman–Crippen LogP) is 21.0. The number of rotatable bonds is 16. The number of ketones is 1. The summed E-state index contributed by atoms with van der Waals surface area (Å²) >= 11 is 43.0. The number of nitrogens with one attached hydrogen (secondary N) is 2. The normalized spacial score (nSPS) is 22.2. The van der Waals surface area contributed by atoms with Crippen molar-refractivity contribution in [3.8, 4) is 0 Å². The molecule has 656 valence electrons. The fourth-order valence-corrected chi connectivity index (χ4v) is 22.1. The number of hydrogen-bond acceptors (Lipinski definition) is 23. The molecule has 0 bridgehead atoms. The van der Waals surface area contributed by atoms with E-state index in [4.69, 9.17) is 107 Å². The number of H-pyrrole nitrogens is 2. The zero-order valence-electron chi connectivity index (χ0n) is 71.0. The Morgan fingerprint density at radius 2 is 0.810 bits per heavy atom. The van der Waals surface area contributed by atoms with E-state index in [1.54, 1.807) is 12.4 Å². The molecule has 16 heterocycles. The predicted molar refractivity (Wildman–Crippen MR) is 506 cm³/mol. The van der Waals surface area contributed by atoms with E-state index in [1.807, 2.05) is 38.4 Å². The van der Waals surface area contributed by atoms with Crippen LogP contribution in [-0.2, 0) is 38.8 Å². The van der Waals surface area contributed by atoms with E-state index in [0.29, 0.717) is 77.4 Å². The van der Waals surface area contributed by atoms with Gasteiger partial charge in [-0.1, -0.05) is 153 Å². The number of carbonyl (C=O) groups is 1. The Bertz CT molecular complexity index is 5610. The van der Waals surface area contributed by atoms with Gasteiger partial charge in [-0.25, -0.2) is 59.8 Å². The van der Waals surface area contributed by atoms with Crippen LogP contribution in [0.5, 0.6) is 0 Å². The highest BCUT2D eigenvalue weighted by molar-refractivity contribution is 14.1. The summed E-state index contributed by atoms with van der Waals surface area (Å²) in [5.74, 6) is -0.0699. The van der Waals surface area contributed by atoms with Crippen LogP contribution < -0.4 is 0 Å². The van der Waals surface area contributed by atoms with Gasteiger partial charge in [0.1, 0.15) is 134 Å². The van der Waals surface area contributed by atoms with Crippen molar-refractivity contribution in [3.05, 3.63) is 134 Å². The molecule has 4 saturated heterocycles. The number of carbonyl (C=O) groups excluding carboxylic acids is 1. The molecule has 41 heteroatoms. The first-order chi connectivity index (χ1) is 56.9. The topological polar surface area (TPSA) is 348 Å². The molecule has 4 aliphatic heterocycles. The second-order valence-electron chi connectivity index (χ2n) is 34.6. The number of aromatic nitrogens is 18. The van der Waals surface area contributed by atoms with Gasteiger partial charge >= 0.3 is 0 Å². The lowest BCUT2D eigenvalue weighted by Crippen LogP contribution is -2.45. The minimum absolute atomic E-state index is 0.00895. The number of hydrogen-bond donors (Lipinski definition) is 5. The highest BCUT2D eigenvalue weighted by Gasteiger charge is 2.49. The molecule has 5 N–H and O–H groups in total. The van der Waals surface area contributed by atoms with Crippen LogP contribution in [0.15, 0.2) is 81.2 Å². The highest BCUT2D eigenvalue weighted by Crippen LogP contribution is 2.48. The molecule has 0 unspecified atom stereocenters. The molecule has 12 aromatic heterocycles. The maximum absolute atomic E-state index is 12.1. The summed E-state index contributed by atoms with van der Waals surface area (Å²) in [5.41, 5.74) is 5.59. The summed E-state index contributed by atoms with van der Waals surface area (Å²) in [6.45, 7) is 41.6. The molecule has 121 heavy (non-hydrogen) atoms.